The Morgan fingerprint density at radius 1 is 1.24 bits per heavy atom. The van der Waals surface area contributed by atoms with E-state index >= 15 is 0 Å². The fourth-order valence-electron chi connectivity index (χ4n) is 3.57. The van der Waals surface area contributed by atoms with Crippen LogP contribution < -0.4 is 5.32 Å². The topological polar surface area (TPSA) is 67.2 Å². The Kier molecular flexibility index (Phi) is 5.36. The summed E-state index contributed by atoms with van der Waals surface area (Å²) in [5.41, 5.74) is 2.14. The Labute approximate surface area is 148 Å². The van der Waals surface area contributed by atoms with E-state index < -0.39 is 0 Å². The molecule has 1 aromatic carbocycles. The van der Waals surface area contributed by atoms with E-state index in [0.29, 0.717) is 19.6 Å². The van der Waals surface area contributed by atoms with Gasteiger partial charge in [-0.15, -0.1) is 0 Å². The lowest BCUT2D eigenvalue weighted by molar-refractivity contribution is -0.133. The number of amides is 2. The number of aromatic nitrogens is 2. The van der Waals surface area contributed by atoms with Crippen LogP contribution in [0.4, 0.5) is 0 Å². The molecule has 2 amide bonds. The molecule has 0 saturated carbocycles. The van der Waals surface area contributed by atoms with Gasteiger partial charge in [0.1, 0.15) is 5.82 Å². The van der Waals surface area contributed by atoms with Crippen molar-refractivity contribution in [2.24, 2.45) is 5.92 Å². The number of nitrogens with zero attached hydrogens (tertiary/aromatic N) is 3. The average molecular weight is 342 g/mol. The van der Waals surface area contributed by atoms with E-state index in [1.807, 2.05) is 23.1 Å². The van der Waals surface area contributed by atoms with Gasteiger partial charge in [0, 0.05) is 45.4 Å². The highest BCUT2D eigenvalue weighted by Gasteiger charge is 2.25. The Balaban J connectivity index is 1.53. The van der Waals surface area contributed by atoms with Gasteiger partial charge in [-0.3, -0.25) is 9.59 Å². The van der Waals surface area contributed by atoms with E-state index in [4.69, 9.17) is 0 Å². The molecular weight excluding hydrogens is 316 g/mol. The summed E-state index contributed by atoms with van der Waals surface area (Å²) in [5, 5.41) is 3.04. The molecule has 1 fully saturated rings. The number of nitrogens with one attached hydrogen (secondary N) is 1. The lowest BCUT2D eigenvalue weighted by Crippen LogP contribution is -2.42. The first kappa shape index (κ1) is 17.5. The van der Waals surface area contributed by atoms with E-state index in [2.05, 4.69) is 27.9 Å². The summed E-state index contributed by atoms with van der Waals surface area (Å²) in [6, 6.07) is 8.12. The molecule has 1 aliphatic heterocycles. The van der Waals surface area contributed by atoms with E-state index in [1.165, 1.54) is 0 Å². The van der Waals surface area contributed by atoms with Crippen molar-refractivity contribution in [2.45, 2.75) is 39.7 Å². The molecule has 0 unspecified atom stereocenters. The number of imidazole rings is 1. The van der Waals surface area contributed by atoms with Crippen LogP contribution in [-0.2, 0) is 22.6 Å². The minimum absolute atomic E-state index is 0.0144. The number of fused-ring (bicyclic) bond motifs is 1. The lowest BCUT2D eigenvalue weighted by atomic mass is 9.96. The standard InChI is InChI=1S/C19H26N4O2/c1-3-23-17-7-5-4-6-16(17)21-18(23)8-11-20-19(25)15-9-12-22(13-10-15)14(2)24/h4-7,15H,3,8-13H2,1-2H3,(H,20,25). The van der Waals surface area contributed by atoms with Crippen molar-refractivity contribution in [2.75, 3.05) is 19.6 Å². The molecule has 0 atom stereocenters. The maximum Gasteiger partial charge on any atom is 0.223 e. The van der Waals surface area contributed by atoms with Gasteiger partial charge in [0.25, 0.3) is 0 Å². The van der Waals surface area contributed by atoms with Crippen LogP contribution in [0.5, 0.6) is 0 Å². The quantitative estimate of drug-likeness (QED) is 0.903. The van der Waals surface area contributed by atoms with Crippen molar-refractivity contribution in [1.82, 2.24) is 19.8 Å². The maximum absolute atomic E-state index is 12.3. The third kappa shape index (κ3) is 3.83. The monoisotopic (exact) mass is 342 g/mol. The summed E-state index contributed by atoms with van der Waals surface area (Å²) in [4.78, 5) is 30.2. The molecule has 2 aromatic rings. The Morgan fingerprint density at radius 3 is 2.64 bits per heavy atom. The summed E-state index contributed by atoms with van der Waals surface area (Å²) >= 11 is 0. The zero-order valence-corrected chi connectivity index (χ0v) is 15.0. The van der Waals surface area contributed by atoms with Gasteiger partial charge >= 0.3 is 0 Å². The van der Waals surface area contributed by atoms with Gasteiger partial charge in [-0.2, -0.15) is 0 Å². The van der Waals surface area contributed by atoms with Crippen molar-refractivity contribution in [3.05, 3.63) is 30.1 Å². The molecule has 1 aromatic heterocycles. The zero-order chi connectivity index (χ0) is 17.8. The van der Waals surface area contributed by atoms with Crippen molar-refractivity contribution >= 4 is 22.8 Å². The minimum Gasteiger partial charge on any atom is -0.355 e. The number of piperidine rings is 1. The van der Waals surface area contributed by atoms with Gasteiger partial charge in [0.15, 0.2) is 0 Å². The van der Waals surface area contributed by atoms with Crippen molar-refractivity contribution < 1.29 is 9.59 Å². The molecule has 134 valence electrons. The average Bonchev–Trinajstić information content (AvgIpc) is 2.99. The molecule has 25 heavy (non-hydrogen) atoms. The molecule has 1 aliphatic rings. The van der Waals surface area contributed by atoms with Gasteiger partial charge in [-0.1, -0.05) is 12.1 Å². The molecule has 0 spiro atoms. The maximum atomic E-state index is 12.3. The summed E-state index contributed by atoms with van der Waals surface area (Å²) < 4.78 is 2.20. The molecule has 6 nitrogen and oxygen atoms in total. The van der Waals surface area contributed by atoms with E-state index in [0.717, 1.165) is 42.7 Å². The highest BCUT2D eigenvalue weighted by atomic mass is 16.2. The highest BCUT2D eigenvalue weighted by Crippen LogP contribution is 2.18. The molecule has 6 heteroatoms. The molecule has 0 radical (unpaired) electrons. The first-order valence-electron chi connectivity index (χ1n) is 9.07. The molecular formula is C19H26N4O2. The zero-order valence-electron chi connectivity index (χ0n) is 15.0. The van der Waals surface area contributed by atoms with Crippen LogP contribution in [0.25, 0.3) is 11.0 Å². The lowest BCUT2D eigenvalue weighted by Gasteiger charge is -2.30. The van der Waals surface area contributed by atoms with Crippen LogP contribution in [0.15, 0.2) is 24.3 Å². The number of likely N-dealkylation sites (tertiary alicyclic amines) is 1. The van der Waals surface area contributed by atoms with E-state index in [9.17, 15) is 9.59 Å². The predicted octanol–water partition coefficient (Wildman–Crippen LogP) is 1.97. The minimum atomic E-state index is 0.0144. The molecule has 1 N–H and O–H groups in total. The normalized spacial score (nSPS) is 15.5. The van der Waals surface area contributed by atoms with Crippen molar-refractivity contribution in [1.29, 1.82) is 0 Å². The Hall–Kier alpha value is -2.37. The summed E-state index contributed by atoms with van der Waals surface area (Å²) in [7, 11) is 0. The SMILES string of the molecule is CCn1c(CCNC(=O)C2CCN(C(C)=O)CC2)nc2ccccc21. The number of hydrogen-bond donors (Lipinski definition) is 1. The van der Waals surface area contributed by atoms with Crippen molar-refractivity contribution in [3.63, 3.8) is 0 Å². The van der Waals surface area contributed by atoms with Crippen LogP contribution in [-0.4, -0.2) is 45.9 Å². The van der Waals surface area contributed by atoms with Gasteiger partial charge in [-0.25, -0.2) is 4.98 Å². The number of aryl methyl sites for hydroxylation is 1. The molecule has 1 saturated heterocycles. The first-order chi connectivity index (χ1) is 12.1. The number of hydrogen-bond acceptors (Lipinski definition) is 3. The highest BCUT2D eigenvalue weighted by molar-refractivity contribution is 5.79. The number of carbonyl (C=O) groups is 2. The Morgan fingerprint density at radius 2 is 1.96 bits per heavy atom. The predicted molar refractivity (Wildman–Crippen MR) is 97.1 cm³/mol. The van der Waals surface area contributed by atoms with E-state index in [1.54, 1.807) is 6.92 Å². The smallest absolute Gasteiger partial charge is 0.223 e. The summed E-state index contributed by atoms with van der Waals surface area (Å²) in [6.45, 7) is 6.51. The van der Waals surface area contributed by atoms with Gasteiger partial charge in [-0.05, 0) is 31.9 Å². The van der Waals surface area contributed by atoms with Crippen LogP contribution in [0, 0.1) is 5.92 Å². The second-order valence-corrected chi connectivity index (χ2v) is 6.58. The third-order valence-electron chi connectivity index (χ3n) is 5.01. The van der Waals surface area contributed by atoms with Crippen LogP contribution in [0.2, 0.25) is 0 Å². The molecule has 0 bridgehead atoms. The van der Waals surface area contributed by atoms with Gasteiger partial charge in [0.2, 0.25) is 11.8 Å². The summed E-state index contributed by atoms with van der Waals surface area (Å²) in [6.07, 6.45) is 2.22. The fourth-order valence-corrected chi connectivity index (χ4v) is 3.57. The fraction of sp³-hybridized carbons (Fsp3) is 0.526. The summed E-state index contributed by atoms with van der Waals surface area (Å²) in [5.74, 6) is 1.22. The molecule has 0 aliphatic carbocycles. The van der Waals surface area contributed by atoms with Gasteiger partial charge < -0.3 is 14.8 Å². The molecule has 3 rings (SSSR count). The number of carbonyl (C=O) groups excluding carboxylic acids is 2. The van der Waals surface area contributed by atoms with Crippen LogP contribution >= 0.6 is 0 Å². The number of benzene rings is 1. The first-order valence-corrected chi connectivity index (χ1v) is 9.07. The second kappa shape index (κ2) is 7.68. The molecule has 2 heterocycles. The second-order valence-electron chi connectivity index (χ2n) is 6.58. The Bertz CT molecular complexity index is 760. The largest absolute Gasteiger partial charge is 0.355 e. The third-order valence-corrected chi connectivity index (χ3v) is 5.01. The van der Waals surface area contributed by atoms with Gasteiger partial charge in [0.05, 0.1) is 11.0 Å². The number of rotatable bonds is 5. The number of para-hydroxylation sites is 2. The van der Waals surface area contributed by atoms with Crippen molar-refractivity contribution in [3.8, 4) is 0 Å². The van der Waals surface area contributed by atoms with Crippen LogP contribution in [0.1, 0.15) is 32.5 Å². The van der Waals surface area contributed by atoms with E-state index in [-0.39, 0.29) is 17.7 Å². The van der Waals surface area contributed by atoms with Crippen LogP contribution in [0.3, 0.4) is 0 Å².